The van der Waals surface area contributed by atoms with Crippen LogP contribution in [0.25, 0.3) is 0 Å². The molecule has 2 aromatic carbocycles. The van der Waals surface area contributed by atoms with E-state index in [2.05, 4.69) is 33.4 Å². The lowest BCUT2D eigenvalue weighted by atomic mass is 10.1. The van der Waals surface area contributed by atoms with Gasteiger partial charge in [0.05, 0.1) is 24.4 Å². The van der Waals surface area contributed by atoms with Crippen molar-refractivity contribution in [2.45, 2.75) is 45.4 Å². The minimum Gasteiger partial charge on any atom is -0.493 e. The zero-order valence-corrected chi connectivity index (χ0v) is 19.8. The first-order valence-corrected chi connectivity index (χ1v) is 11.3. The van der Waals surface area contributed by atoms with Gasteiger partial charge < -0.3 is 9.47 Å². The fourth-order valence-electron chi connectivity index (χ4n) is 2.84. The van der Waals surface area contributed by atoms with E-state index in [0.29, 0.717) is 28.7 Å². The highest BCUT2D eigenvalue weighted by Gasteiger charge is 2.11. The number of hydrogen-bond acceptors (Lipinski definition) is 4. The molecule has 162 valence electrons. The summed E-state index contributed by atoms with van der Waals surface area (Å²) < 4.78 is 12.2. The molecule has 0 saturated heterocycles. The average molecular weight is 496 g/mol. The van der Waals surface area contributed by atoms with Gasteiger partial charge in [-0.15, -0.1) is 0 Å². The van der Waals surface area contributed by atoms with Gasteiger partial charge in [0, 0.05) is 10.6 Å². The van der Waals surface area contributed by atoms with Crippen molar-refractivity contribution in [1.82, 2.24) is 5.43 Å². The van der Waals surface area contributed by atoms with E-state index in [1.807, 2.05) is 12.1 Å². The number of amides is 1. The molecule has 0 aliphatic rings. The van der Waals surface area contributed by atoms with Crippen LogP contribution in [0, 0.1) is 0 Å². The molecule has 0 heterocycles. The molecule has 1 amide bonds. The molecule has 7 heteroatoms. The van der Waals surface area contributed by atoms with E-state index in [-0.39, 0.29) is 5.91 Å². The summed E-state index contributed by atoms with van der Waals surface area (Å²) in [6, 6.07) is 10.3. The summed E-state index contributed by atoms with van der Waals surface area (Å²) in [6.07, 6.45) is 8.80. The molecule has 30 heavy (non-hydrogen) atoms. The third-order valence-electron chi connectivity index (χ3n) is 4.48. The lowest BCUT2D eigenvalue weighted by molar-refractivity contribution is 0.0955. The molecular weight excluding hydrogens is 468 g/mol. The monoisotopic (exact) mass is 494 g/mol. The van der Waals surface area contributed by atoms with Crippen LogP contribution < -0.4 is 14.9 Å². The lowest BCUT2D eigenvalue weighted by Gasteiger charge is -2.13. The molecule has 0 spiro atoms. The predicted octanol–water partition coefficient (Wildman–Crippen LogP) is 6.61. The SMILES string of the molecule is CCCCCCCCOc1c(Br)cc(C=NNC(=O)c2ccc(Cl)cc2)cc1OC. The van der Waals surface area contributed by atoms with Crippen LogP contribution >= 0.6 is 27.5 Å². The number of methoxy groups -OCH3 is 1. The minimum absolute atomic E-state index is 0.312. The van der Waals surface area contributed by atoms with Gasteiger partial charge >= 0.3 is 0 Å². The Bertz CT molecular complexity index is 841. The largest absolute Gasteiger partial charge is 0.493 e. The first-order valence-electron chi connectivity index (χ1n) is 10.1. The zero-order chi connectivity index (χ0) is 21.8. The molecule has 0 aliphatic heterocycles. The van der Waals surface area contributed by atoms with Crippen LogP contribution in [0.5, 0.6) is 11.5 Å². The van der Waals surface area contributed by atoms with Crippen molar-refractivity contribution in [1.29, 1.82) is 0 Å². The highest BCUT2D eigenvalue weighted by molar-refractivity contribution is 9.10. The van der Waals surface area contributed by atoms with Crippen molar-refractivity contribution in [2.75, 3.05) is 13.7 Å². The number of benzene rings is 2. The van der Waals surface area contributed by atoms with Crippen LogP contribution in [-0.4, -0.2) is 25.8 Å². The number of halogens is 2. The van der Waals surface area contributed by atoms with Crippen molar-refractivity contribution in [3.8, 4) is 11.5 Å². The van der Waals surface area contributed by atoms with Crippen LogP contribution in [0.3, 0.4) is 0 Å². The zero-order valence-electron chi connectivity index (χ0n) is 17.4. The fraction of sp³-hybridized carbons (Fsp3) is 0.391. The molecule has 2 aromatic rings. The van der Waals surface area contributed by atoms with Crippen LogP contribution in [0.2, 0.25) is 5.02 Å². The molecule has 0 aliphatic carbocycles. The number of nitrogens with one attached hydrogen (secondary N) is 1. The normalized spacial score (nSPS) is 10.9. The highest BCUT2D eigenvalue weighted by atomic mass is 79.9. The standard InChI is InChI=1S/C23H28BrClN2O3/c1-3-4-5-6-7-8-13-30-22-20(24)14-17(15-21(22)29-2)16-26-27-23(28)18-9-11-19(25)12-10-18/h9-12,14-16H,3-8,13H2,1-2H3,(H,27,28). The third kappa shape index (κ3) is 8.00. The van der Waals surface area contributed by atoms with E-state index in [0.717, 1.165) is 22.9 Å². The number of carbonyl (C=O) groups excluding carboxylic acids is 1. The Hall–Kier alpha value is -2.05. The molecular formula is C23H28BrClN2O3. The topological polar surface area (TPSA) is 59.9 Å². The third-order valence-corrected chi connectivity index (χ3v) is 5.32. The minimum atomic E-state index is -0.312. The molecule has 2 rings (SSSR count). The molecule has 0 fully saturated rings. The summed E-state index contributed by atoms with van der Waals surface area (Å²) in [7, 11) is 1.60. The summed E-state index contributed by atoms with van der Waals surface area (Å²) in [5.41, 5.74) is 3.75. The summed E-state index contributed by atoms with van der Waals surface area (Å²) in [5, 5.41) is 4.60. The van der Waals surface area contributed by atoms with Crippen LogP contribution in [0.1, 0.15) is 61.4 Å². The second-order valence-corrected chi connectivity index (χ2v) is 8.15. The Labute approximate surface area is 191 Å². The van der Waals surface area contributed by atoms with Gasteiger partial charge in [-0.3, -0.25) is 4.79 Å². The number of hydrazone groups is 1. The number of hydrogen-bond donors (Lipinski definition) is 1. The van der Waals surface area contributed by atoms with Gasteiger partial charge in [0.15, 0.2) is 11.5 Å². The maximum Gasteiger partial charge on any atom is 0.271 e. The van der Waals surface area contributed by atoms with Gasteiger partial charge in [-0.05, 0) is 64.3 Å². The maximum atomic E-state index is 12.1. The Morgan fingerprint density at radius 2 is 1.83 bits per heavy atom. The Morgan fingerprint density at radius 3 is 2.53 bits per heavy atom. The maximum absolute atomic E-state index is 12.1. The summed E-state index contributed by atoms with van der Waals surface area (Å²) in [5.74, 6) is 0.974. The molecule has 1 N–H and O–H groups in total. The average Bonchev–Trinajstić information content (AvgIpc) is 2.74. The van der Waals surface area contributed by atoms with Gasteiger partial charge in [-0.1, -0.05) is 50.6 Å². The van der Waals surface area contributed by atoms with Crippen LogP contribution in [0.15, 0.2) is 46.0 Å². The summed E-state index contributed by atoms with van der Waals surface area (Å²) >= 11 is 9.37. The number of carbonyl (C=O) groups is 1. The molecule has 0 saturated carbocycles. The van der Waals surface area contributed by atoms with E-state index < -0.39 is 0 Å². The van der Waals surface area contributed by atoms with Crippen molar-refractivity contribution >= 4 is 39.7 Å². The fourth-order valence-corrected chi connectivity index (χ4v) is 3.54. The van der Waals surface area contributed by atoms with Gasteiger partial charge in [-0.25, -0.2) is 5.43 Å². The lowest BCUT2D eigenvalue weighted by Crippen LogP contribution is -2.17. The molecule has 5 nitrogen and oxygen atoms in total. The molecule has 0 atom stereocenters. The van der Waals surface area contributed by atoms with E-state index in [9.17, 15) is 4.79 Å². The predicted molar refractivity (Wildman–Crippen MR) is 126 cm³/mol. The van der Waals surface area contributed by atoms with Gasteiger partial charge in [0.2, 0.25) is 0 Å². The first-order chi connectivity index (χ1) is 14.5. The van der Waals surface area contributed by atoms with E-state index in [1.54, 1.807) is 37.6 Å². The van der Waals surface area contributed by atoms with Crippen LogP contribution in [0.4, 0.5) is 0 Å². The molecule has 0 aromatic heterocycles. The number of rotatable bonds is 12. The van der Waals surface area contributed by atoms with Crippen LogP contribution in [-0.2, 0) is 0 Å². The van der Waals surface area contributed by atoms with E-state index >= 15 is 0 Å². The van der Waals surface area contributed by atoms with E-state index in [4.69, 9.17) is 21.1 Å². The highest BCUT2D eigenvalue weighted by Crippen LogP contribution is 2.36. The van der Waals surface area contributed by atoms with Crippen molar-refractivity contribution in [2.24, 2.45) is 5.10 Å². The number of unbranched alkanes of at least 4 members (excludes halogenated alkanes) is 5. The van der Waals surface area contributed by atoms with Gasteiger partial charge in [-0.2, -0.15) is 5.10 Å². The quantitative estimate of drug-likeness (QED) is 0.205. The second-order valence-electron chi connectivity index (χ2n) is 6.86. The van der Waals surface area contributed by atoms with Crippen molar-refractivity contribution in [3.05, 3.63) is 57.0 Å². The van der Waals surface area contributed by atoms with Gasteiger partial charge in [0.1, 0.15) is 0 Å². The number of ether oxygens (including phenoxy) is 2. The van der Waals surface area contributed by atoms with Crippen molar-refractivity contribution < 1.29 is 14.3 Å². The smallest absolute Gasteiger partial charge is 0.271 e. The summed E-state index contributed by atoms with van der Waals surface area (Å²) in [6.45, 7) is 2.86. The Balaban J connectivity index is 1.91. The second kappa shape index (κ2) is 13.3. The summed E-state index contributed by atoms with van der Waals surface area (Å²) in [4.78, 5) is 12.1. The molecule has 0 bridgehead atoms. The number of nitrogens with zero attached hydrogens (tertiary/aromatic N) is 1. The molecule has 0 radical (unpaired) electrons. The van der Waals surface area contributed by atoms with E-state index in [1.165, 1.54) is 25.7 Å². The Morgan fingerprint density at radius 1 is 1.13 bits per heavy atom. The van der Waals surface area contributed by atoms with Crippen molar-refractivity contribution in [3.63, 3.8) is 0 Å². The van der Waals surface area contributed by atoms with Gasteiger partial charge in [0.25, 0.3) is 5.91 Å². The molecule has 0 unspecified atom stereocenters. The first kappa shape index (κ1) is 24.2. The Kier molecular flexibility index (Phi) is 10.7.